The molecule has 0 radical (unpaired) electrons. The summed E-state index contributed by atoms with van der Waals surface area (Å²) in [5, 5.41) is 39.5. The van der Waals surface area contributed by atoms with Crippen LogP contribution >= 0.6 is 0 Å². The van der Waals surface area contributed by atoms with Crippen LogP contribution in [0.2, 0.25) is 0 Å². The van der Waals surface area contributed by atoms with E-state index in [9.17, 15) is 24.4 Å². The third-order valence-corrected chi connectivity index (χ3v) is 6.63. The molecule has 8 nitrogen and oxygen atoms in total. The molecule has 1 fully saturated rings. The number of ether oxygens (including phenoxy) is 2. The Balaban J connectivity index is 1.87. The van der Waals surface area contributed by atoms with Crippen LogP contribution in [-0.2, 0) is 11.4 Å². The van der Waals surface area contributed by atoms with Crippen LogP contribution in [0.15, 0.2) is 41.3 Å². The molecule has 10 heteroatoms. The van der Waals surface area contributed by atoms with Crippen LogP contribution in [0.3, 0.4) is 0 Å². The molecule has 2 aromatic carbocycles. The Labute approximate surface area is 182 Å². The van der Waals surface area contributed by atoms with Crippen LogP contribution in [0.1, 0.15) is 18.1 Å². The summed E-state index contributed by atoms with van der Waals surface area (Å²) in [6.07, 6.45) is -2.30. The molecule has 1 aliphatic rings. The normalized spacial score (nSPS) is 22.9. The summed E-state index contributed by atoms with van der Waals surface area (Å²) in [7, 11) is 1.45. The Hall–Kier alpha value is -2.86. The van der Waals surface area contributed by atoms with Gasteiger partial charge in [-0.05, 0) is 25.1 Å². The lowest BCUT2D eigenvalue weighted by Gasteiger charge is -2.31. The molecular weight excluding hydrogens is 425 g/mol. The van der Waals surface area contributed by atoms with E-state index in [2.05, 4.69) is 0 Å². The van der Waals surface area contributed by atoms with Gasteiger partial charge in [-0.2, -0.15) is 10.5 Å². The zero-order valence-corrected chi connectivity index (χ0v) is 17.6. The van der Waals surface area contributed by atoms with Crippen LogP contribution in [0, 0.1) is 28.5 Å². The zero-order valence-electron chi connectivity index (χ0n) is 16.8. The van der Waals surface area contributed by atoms with Crippen molar-refractivity contribution >= 4 is 11.4 Å². The van der Waals surface area contributed by atoms with Crippen LogP contribution < -0.4 is 9.47 Å². The average molecular weight is 445 g/mol. The van der Waals surface area contributed by atoms with Crippen molar-refractivity contribution in [2.24, 2.45) is 0 Å². The van der Waals surface area contributed by atoms with E-state index in [1.807, 2.05) is 6.07 Å². The van der Waals surface area contributed by atoms with Gasteiger partial charge >= 0.3 is 0 Å². The molecule has 3 unspecified atom stereocenters. The van der Waals surface area contributed by atoms with E-state index in [1.54, 1.807) is 12.1 Å². The predicted molar refractivity (Wildman–Crippen MR) is 108 cm³/mol. The number of halogens is 1. The predicted octanol–water partition coefficient (Wildman–Crippen LogP) is 1.48. The highest BCUT2D eigenvalue weighted by Crippen LogP contribution is 2.34. The highest BCUT2D eigenvalue weighted by atomic mass is 32.2. The number of nitriles is 2. The third-order valence-electron chi connectivity index (χ3n) is 5.15. The molecule has 0 spiro atoms. The second-order valence-electron chi connectivity index (χ2n) is 7.07. The topological polar surface area (TPSA) is 133 Å². The van der Waals surface area contributed by atoms with Crippen LogP contribution in [-0.4, -0.2) is 57.1 Å². The van der Waals surface area contributed by atoms with Crippen molar-refractivity contribution in [1.29, 1.82) is 10.5 Å². The minimum absolute atomic E-state index is 0.0513. The maximum absolute atomic E-state index is 13.9. The van der Waals surface area contributed by atoms with E-state index in [4.69, 9.17) is 14.7 Å². The molecule has 2 N–H and O–H groups in total. The lowest BCUT2D eigenvalue weighted by Crippen LogP contribution is -2.53. The number of rotatable bonds is 6. The van der Waals surface area contributed by atoms with E-state index >= 15 is 0 Å². The van der Waals surface area contributed by atoms with E-state index < -0.39 is 35.0 Å². The Bertz CT molecular complexity index is 1050. The SMILES string of the molecule is COc1ccc([S+]([O-])N2C[C@H](Oc3ccc(C#N)c(F)c3)C(O)(C(C)O)C2)c(C#N)c1. The lowest BCUT2D eigenvalue weighted by molar-refractivity contribution is -0.104. The second kappa shape index (κ2) is 9.10. The van der Waals surface area contributed by atoms with Crippen molar-refractivity contribution < 1.29 is 28.6 Å². The van der Waals surface area contributed by atoms with Crippen molar-refractivity contribution in [1.82, 2.24) is 4.31 Å². The molecule has 0 aliphatic carbocycles. The van der Waals surface area contributed by atoms with Gasteiger partial charge in [-0.15, -0.1) is 4.31 Å². The molecule has 162 valence electrons. The van der Waals surface area contributed by atoms with Crippen LogP contribution in [0.25, 0.3) is 0 Å². The molecule has 0 saturated carbocycles. The van der Waals surface area contributed by atoms with Crippen molar-refractivity contribution in [3.63, 3.8) is 0 Å². The fourth-order valence-corrected chi connectivity index (χ4v) is 4.65. The molecule has 0 aromatic heterocycles. The maximum Gasteiger partial charge on any atom is 0.192 e. The van der Waals surface area contributed by atoms with E-state index in [0.29, 0.717) is 5.75 Å². The molecule has 2 aromatic rings. The maximum atomic E-state index is 13.9. The van der Waals surface area contributed by atoms with Gasteiger partial charge in [-0.25, -0.2) is 4.39 Å². The summed E-state index contributed by atoms with van der Waals surface area (Å²) in [5.41, 5.74) is -1.81. The lowest BCUT2D eigenvalue weighted by atomic mass is 9.94. The van der Waals surface area contributed by atoms with Gasteiger partial charge in [0.25, 0.3) is 0 Å². The zero-order chi connectivity index (χ0) is 22.8. The van der Waals surface area contributed by atoms with E-state index in [1.165, 1.54) is 42.6 Å². The first-order valence-corrected chi connectivity index (χ1v) is 10.4. The molecule has 0 bridgehead atoms. The molecule has 1 heterocycles. The Morgan fingerprint density at radius 1 is 1.23 bits per heavy atom. The molecule has 1 saturated heterocycles. The molecular formula is C21H20FN3O5S. The van der Waals surface area contributed by atoms with Gasteiger partial charge in [0.15, 0.2) is 4.90 Å². The summed E-state index contributed by atoms with van der Waals surface area (Å²) < 4.78 is 39.3. The Kier molecular flexibility index (Phi) is 6.70. The van der Waals surface area contributed by atoms with Crippen LogP contribution in [0.5, 0.6) is 11.5 Å². The quantitative estimate of drug-likeness (QED) is 0.639. The highest BCUT2D eigenvalue weighted by Gasteiger charge is 2.54. The van der Waals surface area contributed by atoms with Gasteiger partial charge in [-0.3, -0.25) is 0 Å². The average Bonchev–Trinajstić information content (AvgIpc) is 3.10. The number of β-amino-alcohol motifs (C(OH)–C–C–N with tert-alkyl or cyclic N) is 1. The van der Waals surface area contributed by atoms with E-state index in [0.717, 1.165) is 6.07 Å². The Morgan fingerprint density at radius 3 is 2.48 bits per heavy atom. The highest BCUT2D eigenvalue weighted by molar-refractivity contribution is 7.89. The fraction of sp³-hybridized carbons (Fsp3) is 0.333. The first-order chi connectivity index (χ1) is 14.7. The minimum atomic E-state index is -1.84. The largest absolute Gasteiger partial charge is 0.593 e. The molecule has 0 amide bonds. The monoisotopic (exact) mass is 445 g/mol. The number of aliphatic hydroxyl groups excluding tert-OH is 1. The van der Waals surface area contributed by atoms with Gasteiger partial charge < -0.3 is 24.2 Å². The minimum Gasteiger partial charge on any atom is -0.593 e. The molecule has 4 atom stereocenters. The Morgan fingerprint density at radius 2 is 1.90 bits per heavy atom. The van der Waals surface area contributed by atoms with Crippen LogP contribution in [0.4, 0.5) is 4.39 Å². The van der Waals surface area contributed by atoms with Gasteiger partial charge in [0.1, 0.15) is 46.7 Å². The number of methoxy groups -OCH3 is 1. The number of aliphatic hydroxyl groups is 2. The number of hydrogen-bond acceptors (Lipinski definition) is 8. The first-order valence-electron chi connectivity index (χ1n) is 9.25. The van der Waals surface area contributed by atoms with Gasteiger partial charge in [0.05, 0.1) is 43.2 Å². The summed E-state index contributed by atoms with van der Waals surface area (Å²) in [5.74, 6) is -0.297. The van der Waals surface area contributed by atoms with Gasteiger partial charge in [-0.1, -0.05) is 0 Å². The molecule has 31 heavy (non-hydrogen) atoms. The van der Waals surface area contributed by atoms with Gasteiger partial charge in [0, 0.05) is 18.2 Å². The molecule has 1 aliphatic heterocycles. The van der Waals surface area contributed by atoms with Crippen molar-refractivity contribution in [3.8, 4) is 23.6 Å². The van der Waals surface area contributed by atoms with Crippen molar-refractivity contribution in [2.75, 3.05) is 20.2 Å². The summed E-state index contributed by atoms with van der Waals surface area (Å²) >= 11 is -1.84. The van der Waals surface area contributed by atoms with E-state index in [-0.39, 0.29) is 34.9 Å². The fourth-order valence-electron chi connectivity index (χ4n) is 3.30. The summed E-state index contributed by atoms with van der Waals surface area (Å²) in [6, 6.07) is 11.8. The number of benzene rings is 2. The summed E-state index contributed by atoms with van der Waals surface area (Å²) in [6.45, 7) is 1.10. The van der Waals surface area contributed by atoms with Gasteiger partial charge in [0.2, 0.25) is 0 Å². The molecule has 3 rings (SSSR count). The van der Waals surface area contributed by atoms with Crippen molar-refractivity contribution in [2.45, 2.75) is 29.6 Å². The number of hydrogen-bond donors (Lipinski definition) is 2. The smallest absolute Gasteiger partial charge is 0.192 e. The number of nitrogens with zero attached hydrogens (tertiary/aromatic N) is 3. The summed E-state index contributed by atoms with van der Waals surface area (Å²) in [4.78, 5) is 0.223. The van der Waals surface area contributed by atoms with Crippen molar-refractivity contribution in [3.05, 3.63) is 53.3 Å². The first kappa shape index (κ1) is 22.8. The third kappa shape index (κ3) is 4.44. The second-order valence-corrected chi connectivity index (χ2v) is 8.53. The standard InChI is InChI=1S/C21H20FN3O5S/c1-13(26)21(27)12-25(31(28)19-6-5-16(29-2)7-15(19)10-24)11-20(21)30-17-4-3-14(9-23)18(22)8-17/h3-8,13,20,26-27H,11-12H2,1-2H3/t13?,20-,21?,31?/m0/s1.